The molecule has 1 aromatic rings. The molecule has 1 N–H and O–H groups in total. The van der Waals surface area contributed by atoms with Crippen LogP contribution in [0.3, 0.4) is 0 Å². The molecule has 1 rings (SSSR count). The molecule has 0 unspecified atom stereocenters. The Labute approximate surface area is 85.0 Å². The summed E-state index contributed by atoms with van der Waals surface area (Å²) in [6, 6.07) is 8.11. The van der Waals surface area contributed by atoms with Gasteiger partial charge in [0.05, 0.1) is 13.7 Å². The number of nitrogens with one attached hydrogen (secondary N) is 1. The van der Waals surface area contributed by atoms with Gasteiger partial charge < -0.3 is 9.57 Å². The lowest BCUT2D eigenvalue weighted by Crippen LogP contribution is -2.08. The molecule has 1 aromatic carbocycles. The zero-order valence-electron chi connectivity index (χ0n) is 8.75. The second kappa shape index (κ2) is 6.40. The molecule has 78 valence electrons. The van der Waals surface area contributed by atoms with Crippen molar-refractivity contribution < 1.29 is 9.57 Å². The van der Waals surface area contributed by atoms with E-state index < -0.39 is 0 Å². The van der Waals surface area contributed by atoms with Crippen LogP contribution >= 0.6 is 0 Å². The van der Waals surface area contributed by atoms with Gasteiger partial charge in [0.15, 0.2) is 0 Å². The summed E-state index contributed by atoms with van der Waals surface area (Å²) in [5, 5.41) is 0. The maximum Gasteiger partial charge on any atom is 0.119 e. The molecule has 0 aliphatic heterocycles. The SMILES string of the molecule is CNOCCCc1cccc(OC)c1. The molecule has 0 heterocycles. The van der Waals surface area contributed by atoms with Gasteiger partial charge in [-0.25, -0.2) is 5.48 Å². The summed E-state index contributed by atoms with van der Waals surface area (Å²) in [6.07, 6.45) is 2.02. The van der Waals surface area contributed by atoms with Gasteiger partial charge in [0.25, 0.3) is 0 Å². The highest BCUT2D eigenvalue weighted by molar-refractivity contribution is 5.28. The maximum absolute atomic E-state index is 5.14. The van der Waals surface area contributed by atoms with E-state index in [1.165, 1.54) is 5.56 Å². The quantitative estimate of drug-likeness (QED) is 0.554. The minimum atomic E-state index is 0.730. The zero-order valence-corrected chi connectivity index (χ0v) is 8.75. The van der Waals surface area contributed by atoms with Crippen molar-refractivity contribution in [2.45, 2.75) is 12.8 Å². The van der Waals surface area contributed by atoms with Gasteiger partial charge >= 0.3 is 0 Å². The number of hydroxylamine groups is 1. The number of ether oxygens (including phenoxy) is 1. The van der Waals surface area contributed by atoms with Crippen LogP contribution < -0.4 is 10.2 Å². The molecule has 0 saturated carbocycles. The predicted octanol–water partition coefficient (Wildman–Crippen LogP) is 1.78. The average Bonchev–Trinajstić information content (AvgIpc) is 2.25. The summed E-state index contributed by atoms with van der Waals surface area (Å²) in [6.45, 7) is 0.730. The van der Waals surface area contributed by atoms with E-state index in [0.717, 1.165) is 25.2 Å². The van der Waals surface area contributed by atoms with Crippen molar-refractivity contribution in [2.75, 3.05) is 20.8 Å². The topological polar surface area (TPSA) is 30.5 Å². The van der Waals surface area contributed by atoms with Gasteiger partial charge in [-0.3, -0.25) is 0 Å². The molecule has 0 bridgehead atoms. The highest BCUT2D eigenvalue weighted by Crippen LogP contribution is 2.13. The molecule has 0 spiro atoms. The fourth-order valence-electron chi connectivity index (χ4n) is 1.28. The van der Waals surface area contributed by atoms with Crippen molar-refractivity contribution in [1.29, 1.82) is 0 Å². The van der Waals surface area contributed by atoms with Crippen molar-refractivity contribution in [1.82, 2.24) is 5.48 Å². The van der Waals surface area contributed by atoms with Crippen molar-refractivity contribution in [3.8, 4) is 5.75 Å². The first-order chi connectivity index (χ1) is 6.86. The second-order valence-electron chi connectivity index (χ2n) is 3.01. The Balaban J connectivity index is 2.34. The minimum Gasteiger partial charge on any atom is -0.497 e. The highest BCUT2D eigenvalue weighted by atomic mass is 16.6. The average molecular weight is 195 g/mol. The largest absolute Gasteiger partial charge is 0.497 e. The van der Waals surface area contributed by atoms with E-state index in [-0.39, 0.29) is 0 Å². The Hall–Kier alpha value is -1.06. The lowest BCUT2D eigenvalue weighted by atomic mass is 10.1. The summed E-state index contributed by atoms with van der Waals surface area (Å²) in [4.78, 5) is 5.03. The molecule has 0 aliphatic carbocycles. The van der Waals surface area contributed by atoms with E-state index in [4.69, 9.17) is 9.57 Å². The van der Waals surface area contributed by atoms with Crippen molar-refractivity contribution in [3.05, 3.63) is 29.8 Å². The molecule has 0 radical (unpaired) electrons. The maximum atomic E-state index is 5.14. The first-order valence-corrected chi connectivity index (χ1v) is 4.78. The van der Waals surface area contributed by atoms with Crippen LogP contribution in [-0.2, 0) is 11.3 Å². The molecule has 0 amide bonds. The highest BCUT2D eigenvalue weighted by Gasteiger charge is 1.95. The molecule has 3 heteroatoms. The summed E-state index contributed by atoms with van der Waals surface area (Å²) < 4.78 is 5.14. The Morgan fingerprint density at radius 3 is 2.93 bits per heavy atom. The number of hydrogen-bond donors (Lipinski definition) is 1. The lowest BCUT2D eigenvalue weighted by Gasteiger charge is -2.04. The summed E-state index contributed by atoms with van der Waals surface area (Å²) >= 11 is 0. The molecular formula is C11H17NO2. The third-order valence-corrected chi connectivity index (χ3v) is 1.99. The zero-order chi connectivity index (χ0) is 10.2. The van der Waals surface area contributed by atoms with Crippen molar-refractivity contribution >= 4 is 0 Å². The monoisotopic (exact) mass is 195 g/mol. The molecular weight excluding hydrogens is 178 g/mol. The standard InChI is InChI=1S/C11H17NO2/c1-12-14-8-4-6-10-5-3-7-11(9-10)13-2/h3,5,7,9,12H,4,6,8H2,1-2H3. The van der Waals surface area contributed by atoms with Crippen LogP contribution in [0.25, 0.3) is 0 Å². The third-order valence-electron chi connectivity index (χ3n) is 1.99. The van der Waals surface area contributed by atoms with Crippen LogP contribution in [0.5, 0.6) is 5.75 Å². The van der Waals surface area contributed by atoms with Gasteiger partial charge in [0, 0.05) is 7.05 Å². The van der Waals surface area contributed by atoms with Crippen LogP contribution in [-0.4, -0.2) is 20.8 Å². The molecule has 0 atom stereocenters. The van der Waals surface area contributed by atoms with Gasteiger partial charge in [-0.05, 0) is 30.5 Å². The van der Waals surface area contributed by atoms with Gasteiger partial charge in [0.1, 0.15) is 5.75 Å². The molecule has 0 aromatic heterocycles. The van der Waals surface area contributed by atoms with E-state index >= 15 is 0 Å². The number of aryl methyl sites for hydroxylation is 1. The Bertz CT molecular complexity index is 263. The molecule has 0 aliphatic rings. The second-order valence-corrected chi connectivity index (χ2v) is 3.01. The van der Waals surface area contributed by atoms with Crippen LogP contribution in [0.4, 0.5) is 0 Å². The first-order valence-electron chi connectivity index (χ1n) is 4.78. The molecule has 3 nitrogen and oxygen atoms in total. The number of hydrogen-bond acceptors (Lipinski definition) is 3. The van der Waals surface area contributed by atoms with Crippen LogP contribution in [0.15, 0.2) is 24.3 Å². The summed E-state index contributed by atoms with van der Waals surface area (Å²) in [7, 11) is 3.45. The van der Waals surface area contributed by atoms with Crippen LogP contribution in [0.1, 0.15) is 12.0 Å². The first kappa shape index (κ1) is 11.0. The fraction of sp³-hybridized carbons (Fsp3) is 0.455. The number of benzene rings is 1. The Morgan fingerprint density at radius 1 is 1.36 bits per heavy atom. The third kappa shape index (κ3) is 3.77. The lowest BCUT2D eigenvalue weighted by molar-refractivity contribution is 0.0564. The number of rotatable bonds is 6. The smallest absolute Gasteiger partial charge is 0.119 e. The minimum absolute atomic E-state index is 0.730. The van der Waals surface area contributed by atoms with Crippen LogP contribution in [0, 0.1) is 0 Å². The normalized spacial score (nSPS) is 10.1. The van der Waals surface area contributed by atoms with Gasteiger partial charge in [-0.2, -0.15) is 0 Å². The number of methoxy groups -OCH3 is 1. The Morgan fingerprint density at radius 2 is 2.21 bits per heavy atom. The van der Waals surface area contributed by atoms with Crippen LogP contribution in [0.2, 0.25) is 0 Å². The Kier molecular flexibility index (Phi) is 5.04. The van der Waals surface area contributed by atoms with E-state index in [2.05, 4.69) is 17.6 Å². The summed E-state index contributed by atoms with van der Waals surface area (Å²) in [5.74, 6) is 0.914. The molecule has 0 saturated heterocycles. The van der Waals surface area contributed by atoms with E-state index in [9.17, 15) is 0 Å². The van der Waals surface area contributed by atoms with Gasteiger partial charge in [0.2, 0.25) is 0 Å². The predicted molar refractivity (Wildman–Crippen MR) is 56.3 cm³/mol. The summed E-state index contributed by atoms with van der Waals surface area (Å²) in [5.41, 5.74) is 3.93. The van der Waals surface area contributed by atoms with E-state index in [1.807, 2.05) is 12.1 Å². The molecule has 0 fully saturated rings. The fourth-order valence-corrected chi connectivity index (χ4v) is 1.28. The molecule has 14 heavy (non-hydrogen) atoms. The van der Waals surface area contributed by atoms with E-state index in [1.54, 1.807) is 14.2 Å². The van der Waals surface area contributed by atoms with Gasteiger partial charge in [-0.1, -0.05) is 12.1 Å². The van der Waals surface area contributed by atoms with Gasteiger partial charge in [-0.15, -0.1) is 0 Å². The van der Waals surface area contributed by atoms with E-state index in [0.29, 0.717) is 0 Å². The van der Waals surface area contributed by atoms with Crippen molar-refractivity contribution in [2.24, 2.45) is 0 Å². The van der Waals surface area contributed by atoms with Crippen molar-refractivity contribution in [3.63, 3.8) is 0 Å².